The standard InChI is InChI=1S/C10H14.CH4/c1-7-5-6-8(2)10(4)9(7)3;/h5-6H,1-4H3;1H4. The molecule has 0 heterocycles. The molecule has 0 nitrogen and oxygen atoms in total. The Bertz CT molecular complexity index is 219. The molecule has 0 aliphatic heterocycles. The maximum absolute atomic E-state index is 2.18. The molecule has 11 heavy (non-hydrogen) atoms. The van der Waals surface area contributed by atoms with Crippen LogP contribution in [-0.2, 0) is 0 Å². The van der Waals surface area contributed by atoms with Gasteiger partial charge in [0, 0.05) is 0 Å². The van der Waals surface area contributed by atoms with Gasteiger partial charge in [0.25, 0.3) is 0 Å². The number of hydrogen-bond acceptors (Lipinski definition) is 0. The van der Waals surface area contributed by atoms with E-state index in [4.69, 9.17) is 0 Å². The highest BCUT2D eigenvalue weighted by Crippen LogP contribution is 2.15. The first-order valence-electron chi connectivity index (χ1n) is 3.66. The molecule has 1 aromatic rings. The molecule has 0 atom stereocenters. The number of rotatable bonds is 0. The van der Waals surface area contributed by atoms with Crippen molar-refractivity contribution in [2.75, 3.05) is 0 Å². The lowest BCUT2D eigenvalue weighted by atomic mass is 10.0. The Labute approximate surface area is 70.3 Å². The maximum atomic E-state index is 2.18. The number of hydrogen-bond donors (Lipinski definition) is 0. The fourth-order valence-corrected chi connectivity index (χ4v) is 1.09. The topological polar surface area (TPSA) is 0 Å². The molecule has 0 saturated heterocycles. The van der Waals surface area contributed by atoms with Gasteiger partial charge in [0.2, 0.25) is 0 Å². The average molecular weight is 150 g/mol. The van der Waals surface area contributed by atoms with Crippen molar-refractivity contribution in [3.63, 3.8) is 0 Å². The molecule has 0 aliphatic rings. The molecule has 0 unspecified atom stereocenters. The molecule has 0 spiro atoms. The molecule has 0 aliphatic carbocycles. The van der Waals surface area contributed by atoms with Crippen molar-refractivity contribution in [1.29, 1.82) is 0 Å². The first-order valence-corrected chi connectivity index (χ1v) is 3.66. The highest BCUT2D eigenvalue weighted by molar-refractivity contribution is 5.37. The van der Waals surface area contributed by atoms with Crippen LogP contribution in [0.25, 0.3) is 0 Å². The molecule has 0 radical (unpaired) electrons. The van der Waals surface area contributed by atoms with Crippen LogP contribution in [0.1, 0.15) is 29.7 Å². The van der Waals surface area contributed by atoms with Gasteiger partial charge in [-0.25, -0.2) is 0 Å². The summed E-state index contributed by atoms with van der Waals surface area (Å²) in [6.45, 7) is 8.67. The zero-order valence-corrected chi connectivity index (χ0v) is 7.15. The van der Waals surface area contributed by atoms with Crippen molar-refractivity contribution in [2.24, 2.45) is 0 Å². The second kappa shape index (κ2) is 3.56. The minimum Gasteiger partial charge on any atom is -0.0776 e. The van der Waals surface area contributed by atoms with E-state index in [-0.39, 0.29) is 7.43 Å². The van der Waals surface area contributed by atoms with Crippen LogP contribution in [0.4, 0.5) is 0 Å². The van der Waals surface area contributed by atoms with Crippen molar-refractivity contribution in [3.05, 3.63) is 34.4 Å². The normalized spacial score (nSPS) is 9.09. The van der Waals surface area contributed by atoms with Crippen molar-refractivity contribution in [3.8, 4) is 0 Å². The van der Waals surface area contributed by atoms with E-state index in [0.29, 0.717) is 0 Å². The van der Waals surface area contributed by atoms with Crippen LogP contribution in [0.15, 0.2) is 12.1 Å². The Kier molecular flexibility index (Phi) is 3.31. The first-order chi connectivity index (χ1) is 4.63. The summed E-state index contributed by atoms with van der Waals surface area (Å²) in [7, 11) is 0. The van der Waals surface area contributed by atoms with Crippen LogP contribution in [0, 0.1) is 27.7 Å². The summed E-state index contributed by atoms with van der Waals surface area (Å²) in [5.41, 5.74) is 5.64. The van der Waals surface area contributed by atoms with E-state index in [1.165, 1.54) is 22.3 Å². The monoisotopic (exact) mass is 150 g/mol. The summed E-state index contributed by atoms with van der Waals surface area (Å²) in [5, 5.41) is 0. The van der Waals surface area contributed by atoms with Crippen LogP contribution < -0.4 is 0 Å². The summed E-state index contributed by atoms with van der Waals surface area (Å²) in [6.07, 6.45) is 0. The molecule has 0 aromatic heterocycles. The van der Waals surface area contributed by atoms with Crippen LogP contribution in [0.3, 0.4) is 0 Å². The molecule has 62 valence electrons. The third-order valence-corrected chi connectivity index (χ3v) is 2.33. The number of benzene rings is 1. The van der Waals surface area contributed by atoms with E-state index in [2.05, 4.69) is 39.8 Å². The van der Waals surface area contributed by atoms with Gasteiger partial charge in [0.1, 0.15) is 0 Å². The molecule has 0 bridgehead atoms. The molecular weight excluding hydrogens is 132 g/mol. The van der Waals surface area contributed by atoms with Crippen molar-refractivity contribution in [1.82, 2.24) is 0 Å². The fourth-order valence-electron chi connectivity index (χ4n) is 1.09. The van der Waals surface area contributed by atoms with E-state index < -0.39 is 0 Å². The zero-order valence-electron chi connectivity index (χ0n) is 7.15. The molecule has 0 saturated carbocycles. The van der Waals surface area contributed by atoms with E-state index >= 15 is 0 Å². The lowest BCUT2D eigenvalue weighted by molar-refractivity contribution is 1.22. The van der Waals surface area contributed by atoms with Crippen LogP contribution in [0.5, 0.6) is 0 Å². The third kappa shape index (κ3) is 1.83. The summed E-state index contributed by atoms with van der Waals surface area (Å²) in [4.78, 5) is 0. The largest absolute Gasteiger partial charge is 0.0776 e. The second-order valence-corrected chi connectivity index (χ2v) is 2.95. The maximum Gasteiger partial charge on any atom is -0.0392 e. The average Bonchev–Trinajstić information content (AvgIpc) is 1.93. The molecule has 0 fully saturated rings. The minimum absolute atomic E-state index is 0. The lowest BCUT2D eigenvalue weighted by Gasteiger charge is -2.06. The van der Waals surface area contributed by atoms with E-state index in [9.17, 15) is 0 Å². The smallest absolute Gasteiger partial charge is 0.0392 e. The van der Waals surface area contributed by atoms with Gasteiger partial charge in [0.05, 0.1) is 0 Å². The molecule has 0 amide bonds. The third-order valence-electron chi connectivity index (χ3n) is 2.33. The fraction of sp³-hybridized carbons (Fsp3) is 0.455. The highest BCUT2D eigenvalue weighted by Gasteiger charge is 1.97. The Balaban J connectivity index is 0.000001000. The quantitative estimate of drug-likeness (QED) is 0.530. The van der Waals surface area contributed by atoms with E-state index in [1.54, 1.807) is 0 Å². The molecule has 1 aromatic carbocycles. The van der Waals surface area contributed by atoms with Crippen LogP contribution in [0.2, 0.25) is 0 Å². The Morgan fingerprint density at radius 3 is 1.27 bits per heavy atom. The lowest BCUT2D eigenvalue weighted by Crippen LogP contribution is -1.88. The first kappa shape index (κ1) is 10.2. The summed E-state index contributed by atoms with van der Waals surface area (Å²) in [5.74, 6) is 0. The van der Waals surface area contributed by atoms with Gasteiger partial charge in [-0.2, -0.15) is 0 Å². The molecular formula is C11H18. The van der Waals surface area contributed by atoms with E-state index in [0.717, 1.165) is 0 Å². The van der Waals surface area contributed by atoms with Crippen molar-refractivity contribution < 1.29 is 0 Å². The highest BCUT2D eigenvalue weighted by atomic mass is 14.0. The molecule has 1 rings (SSSR count). The number of aryl methyl sites for hydroxylation is 2. The van der Waals surface area contributed by atoms with Gasteiger partial charge in [0.15, 0.2) is 0 Å². The molecule has 0 heteroatoms. The summed E-state index contributed by atoms with van der Waals surface area (Å²) < 4.78 is 0. The van der Waals surface area contributed by atoms with Crippen molar-refractivity contribution >= 4 is 0 Å². The Morgan fingerprint density at radius 1 is 0.727 bits per heavy atom. The minimum atomic E-state index is 0. The van der Waals surface area contributed by atoms with Crippen LogP contribution in [-0.4, -0.2) is 0 Å². The Hall–Kier alpha value is -0.780. The molecule has 0 N–H and O–H groups in total. The van der Waals surface area contributed by atoms with Gasteiger partial charge >= 0.3 is 0 Å². The zero-order chi connectivity index (χ0) is 7.72. The SMILES string of the molecule is C.Cc1ccc(C)c(C)c1C. The predicted molar refractivity (Wildman–Crippen MR) is 52.1 cm³/mol. The summed E-state index contributed by atoms with van der Waals surface area (Å²) >= 11 is 0. The predicted octanol–water partition coefficient (Wildman–Crippen LogP) is 3.56. The van der Waals surface area contributed by atoms with Crippen LogP contribution >= 0.6 is 0 Å². The van der Waals surface area contributed by atoms with Crippen molar-refractivity contribution in [2.45, 2.75) is 35.1 Å². The van der Waals surface area contributed by atoms with Gasteiger partial charge < -0.3 is 0 Å². The van der Waals surface area contributed by atoms with Gasteiger partial charge in [-0.1, -0.05) is 19.6 Å². The van der Waals surface area contributed by atoms with Gasteiger partial charge in [-0.05, 0) is 49.9 Å². The Morgan fingerprint density at radius 2 is 1.00 bits per heavy atom. The second-order valence-electron chi connectivity index (χ2n) is 2.95. The van der Waals surface area contributed by atoms with Gasteiger partial charge in [-0.15, -0.1) is 0 Å². The summed E-state index contributed by atoms with van der Waals surface area (Å²) in [6, 6.07) is 4.36. The van der Waals surface area contributed by atoms with E-state index in [1.807, 2.05) is 0 Å². The van der Waals surface area contributed by atoms with Gasteiger partial charge in [-0.3, -0.25) is 0 Å².